The van der Waals surface area contributed by atoms with E-state index < -0.39 is 0 Å². The van der Waals surface area contributed by atoms with E-state index in [2.05, 4.69) is 5.32 Å². The van der Waals surface area contributed by atoms with Gasteiger partial charge >= 0.3 is 0 Å². The van der Waals surface area contributed by atoms with Gasteiger partial charge in [0.2, 0.25) is 11.8 Å². The number of thiophene rings is 1. The minimum Gasteiger partial charge on any atom is -0.346 e. The van der Waals surface area contributed by atoms with Crippen LogP contribution in [0.25, 0.3) is 10.4 Å². The number of carbonyl (C=O) groups excluding carboxylic acids is 2. The second kappa shape index (κ2) is 10.3. The topological polar surface area (TPSA) is 75.4 Å². The van der Waals surface area contributed by atoms with Crippen molar-refractivity contribution in [3.05, 3.63) is 47.1 Å². The van der Waals surface area contributed by atoms with Crippen molar-refractivity contribution in [2.24, 2.45) is 5.73 Å². The van der Waals surface area contributed by atoms with Crippen LogP contribution in [0.15, 0.2) is 36.4 Å². The predicted molar refractivity (Wildman–Crippen MR) is 105 cm³/mol. The van der Waals surface area contributed by atoms with Gasteiger partial charge < -0.3 is 16.0 Å². The molecule has 1 heterocycles. The number of benzene rings is 1. The van der Waals surface area contributed by atoms with E-state index in [0.717, 1.165) is 15.3 Å². The summed E-state index contributed by atoms with van der Waals surface area (Å²) in [5, 5.41) is 2.50. The van der Waals surface area contributed by atoms with Crippen LogP contribution < -0.4 is 11.1 Å². The standard InChI is InChI=1S/C18H22FN3O2S.ClH/c1-12(2)22(18(24)10-21-17(23)9-20)11-15-6-7-16(25-15)13-4-3-5-14(19)8-13;/h3-8,12H,9-11,20H2,1-2H3,(H,21,23);1H. The van der Waals surface area contributed by atoms with E-state index >= 15 is 0 Å². The molecule has 26 heavy (non-hydrogen) atoms. The maximum atomic E-state index is 13.4. The van der Waals surface area contributed by atoms with Crippen LogP contribution in [0.5, 0.6) is 0 Å². The molecule has 8 heteroatoms. The Bertz CT molecular complexity index is 752. The lowest BCUT2D eigenvalue weighted by Gasteiger charge is -2.26. The van der Waals surface area contributed by atoms with Crippen LogP contribution >= 0.6 is 23.7 Å². The Kier molecular flexibility index (Phi) is 8.71. The summed E-state index contributed by atoms with van der Waals surface area (Å²) in [6, 6.07) is 10.3. The molecular formula is C18H23ClFN3O2S. The first-order valence-corrected chi connectivity index (χ1v) is 8.83. The molecule has 0 aliphatic rings. The van der Waals surface area contributed by atoms with E-state index in [9.17, 15) is 14.0 Å². The molecule has 1 aromatic heterocycles. The van der Waals surface area contributed by atoms with Crippen LogP contribution in [0.1, 0.15) is 18.7 Å². The molecule has 0 bridgehead atoms. The van der Waals surface area contributed by atoms with Crippen LogP contribution in [0.3, 0.4) is 0 Å². The molecule has 2 rings (SSSR count). The molecule has 2 aromatic rings. The quantitative estimate of drug-likeness (QED) is 0.751. The van der Waals surface area contributed by atoms with E-state index in [0.29, 0.717) is 6.54 Å². The van der Waals surface area contributed by atoms with E-state index in [4.69, 9.17) is 5.73 Å². The number of hydrogen-bond donors (Lipinski definition) is 2. The third kappa shape index (κ3) is 6.09. The van der Waals surface area contributed by atoms with Gasteiger partial charge in [-0.25, -0.2) is 4.39 Å². The molecule has 142 valence electrons. The average molecular weight is 400 g/mol. The third-order valence-electron chi connectivity index (χ3n) is 3.66. The zero-order valence-corrected chi connectivity index (χ0v) is 16.3. The zero-order chi connectivity index (χ0) is 18.4. The van der Waals surface area contributed by atoms with Crippen LogP contribution in [-0.2, 0) is 16.1 Å². The Labute approximate surface area is 162 Å². The zero-order valence-electron chi connectivity index (χ0n) is 14.7. The number of nitrogens with zero attached hydrogens (tertiary/aromatic N) is 1. The van der Waals surface area contributed by atoms with Gasteiger partial charge in [-0.05, 0) is 43.7 Å². The van der Waals surface area contributed by atoms with Crippen molar-refractivity contribution < 1.29 is 14.0 Å². The molecular weight excluding hydrogens is 377 g/mol. The highest BCUT2D eigenvalue weighted by atomic mass is 35.5. The monoisotopic (exact) mass is 399 g/mol. The second-order valence-corrected chi connectivity index (χ2v) is 7.04. The Morgan fingerprint density at radius 2 is 2.00 bits per heavy atom. The third-order valence-corrected chi connectivity index (χ3v) is 4.78. The summed E-state index contributed by atoms with van der Waals surface area (Å²) in [4.78, 5) is 27.2. The highest BCUT2D eigenvalue weighted by Gasteiger charge is 2.18. The van der Waals surface area contributed by atoms with Gasteiger partial charge in [-0.3, -0.25) is 9.59 Å². The first kappa shape index (κ1) is 22.1. The Morgan fingerprint density at radius 1 is 1.27 bits per heavy atom. The van der Waals surface area contributed by atoms with Crippen LogP contribution in [-0.4, -0.2) is 35.8 Å². The minimum atomic E-state index is -0.360. The largest absolute Gasteiger partial charge is 0.346 e. The number of nitrogens with two attached hydrogens (primary N) is 1. The van der Waals surface area contributed by atoms with Gasteiger partial charge in [-0.1, -0.05) is 12.1 Å². The number of amides is 2. The second-order valence-electron chi connectivity index (χ2n) is 5.87. The molecule has 3 N–H and O–H groups in total. The predicted octanol–water partition coefficient (Wildman–Crippen LogP) is 2.79. The molecule has 0 spiro atoms. The molecule has 0 saturated carbocycles. The fraction of sp³-hybridized carbons (Fsp3) is 0.333. The van der Waals surface area contributed by atoms with Crippen molar-refractivity contribution in [1.82, 2.24) is 10.2 Å². The van der Waals surface area contributed by atoms with Crippen molar-refractivity contribution in [1.29, 1.82) is 0 Å². The summed E-state index contributed by atoms with van der Waals surface area (Å²) < 4.78 is 13.4. The Balaban J connectivity index is 0.00000338. The van der Waals surface area contributed by atoms with Crippen molar-refractivity contribution in [3.8, 4) is 10.4 Å². The van der Waals surface area contributed by atoms with Crippen molar-refractivity contribution in [3.63, 3.8) is 0 Å². The first-order valence-electron chi connectivity index (χ1n) is 8.01. The summed E-state index contributed by atoms with van der Waals surface area (Å²) in [5.74, 6) is -0.804. The van der Waals surface area contributed by atoms with Gasteiger partial charge in [0.05, 0.1) is 19.6 Å². The van der Waals surface area contributed by atoms with Gasteiger partial charge in [0.15, 0.2) is 0 Å². The fourth-order valence-corrected chi connectivity index (χ4v) is 3.34. The van der Waals surface area contributed by atoms with Gasteiger partial charge in [0, 0.05) is 15.8 Å². The Morgan fingerprint density at radius 3 is 2.62 bits per heavy atom. The highest BCUT2D eigenvalue weighted by Crippen LogP contribution is 2.29. The molecule has 0 fully saturated rings. The maximum absolute atomic E-state index is 13.4. The van der Waals surface area contributed by atoms with E-state index in [1.165, 1.54) is 23.5 Å². The molecule has 0 aliphatic heterocycles. The number of carbonyl (C=O) groups is 2. The van der Waals surface area contributed by atoms with Crippen LogP contribution in [0, 0.1) is 5.82 Å². The van der Waals surface area contributed by atoms with Crippen molar-refractivity contribution in [2.75, 3.05) is 13.1 Å². The molecule has 0 atom stereocenters. The SMILES string of the molecule is CC(C)N(Cc1ccc(-c2cccc(F)c2)s1)C(=O)CNC(=O)CN.Cl. The molecule has 5 nitrogen and oxygen atoms in total. The number of hydrogen-bond acceptors (Lipinski definition) is 4. The van der Waals surface area contributed by atoms with Crippen molar-refractivity contribution >= 4 is 35.6 Å². The van der Waals surface area contributed by atoms with Gasteiger partial charge in [-0.15, -0.1) is 23.7 Å². The molecule has 0 radical (unpaired) electrons. The maximum Gasteiger partial charge on any atom is 0.242 e. The van der Waals surface area contributed by atoms with Gasteiger partial charge in [0.1, 0.15) is 5.82 Å². The first-order chi connectivity index (χ1) is 11.9. The molecule has 1 aromatic carbocycles. The minimum absolute atomic E-state index is 0. The normalized spacial score (nSPS) is 10.3. The summed E-state index contributed by atoms with van der Waals surface area (Å²) in [6.07, 6.45) is 0. The van der Waals surface area contributed by atoms with E-state index in [-0.39, 0.29) is 49.2 Å². The molecule has 0 unspecified atom stereocenters. The summed E-state index contributed by atoms with van der Waals surface area (Å²) in [7, 11) is 0. The van der Waals surface area contributed by atoms with Crippen LogP contribution in [0.4, 0.5) is 4.39 Å². The lowest BCUT2D eigenvalue weighted by atomic mass is 10.2. The van der Waals surface area contributed by atoms with E-state index in [1.807, 2.05) is 32.0 Å². The van der Waals surface area contributed by atoms with Gasteiger partial charge in [-0.2, -0.15) is 0 Å². The summed E-state index contributed by atoms with van der Waals surface area (Å²) >= 11 is 1.52. The smallest absolute Gasteiger partial charge is 0.242 e. The lowest BCUT2D eigenvalue weighted by molar-refractivity contribution is -0.134. The number of nitrogens with one attached hydrogen (secondary N) is 1. The number of halogens is 2. The highest BCUT2D eigenvalue weighted by molar-refractivity contribution is 7.15. The van der Waals surface area contributed by atoms with Crippen molar-refractivity contribution in [2.45, 2.75) is 26.4 Å². The molecule has 0 saturated heterocycles. The molecule has 2 amide bonds. The summed E-state index contributed by atoms with van der Waals surface area (Å²) in [6.45, 7) is 4.07. The van der Waals surface area contributed by atoms with Gasteiger partial charge in [0.25, 0.3) is 0 Å². The lowest BCUT2D eigenvalue weighted by Crippen LogP contribution is -2.44. The average Bonchev–Trinajstić information content (AvgIpc) is 3.05. The van der Waals surface area contributed by atoms with Crippen LogP contribution in [0.2, 0.25) is 0 Å². The number of rotatable bonds is 7. The van der Waals surface area contributed by atoms with E-state index in [1.54, 1.807) is 11.0 Å². The fourth-order valence-electron chi connectivity index (χ4n) is 2.33. The Hall–Kier alpha value is -1.96. The molecule has 0 aliphatic carbocycles. The summed E-state index contributed by atoms with van der Waals surface area (Å²) in [5.41, 5.74) is 6.04.